The lowest BCUT2D eigenvalue weighted by atomic mass is 9.84. The van der Waals surface area contributed by atoms with Gasteiger partial charge in [-0.15, -0.1) is 0 Å². The Bertz CT molecular complexity index is 1090. The van der Waals surface area contributed by atoms with Crippen LogP contribution in [0.5, 0.6) is 11.5 Å². The molecular weight excluding hydrogens is 428 g/mol. The quantitative estimate of drug-likeness (QED) is 0.526. The molecule has 5 N–H and O–H groups in total. The van der Waals surface area contributed by atoms with Crippen molar-refractivity contribution < 1.29 is 29.0 Å². The summed E-state index contributed by atoms with van der Waals surface area (Å²) in [5.41, 5.74) is 5.39. The average Bonchev–Trinajstić information content (AvgIpc) is 2.73. The first-order valence-corrected chi connectivity index (χ1v) is 10.3. The van der Waals surface area contributed by atoms with E-state index >= 15 is 0 Å². The molecule has 10 heteroatoms. The Labute approximate surface area is 190 Å². The van der Waals surface area contributed by atoms with Crippen LogP contribution in [0.4, 0.5) is 16.2 Å². The van der Waals surface area contributed by atoms with Gasteiger partial charge in [-0.25, -0.2) is 9.69 Å². The van der Waals surface area contributed by atoms with Gasteiger partial charge in [-0.2, -0.15) is 0 Å². The zero-order chi connectivity index (χ0) is 24.3. The van der Waals surface area contributed by atoms with Crippen molar-refractivity contribution in [2.45, 2.75) is 32.6 Å². The first-order chi connectivity index (χ1) is 15.5. The van der Waals surface area contributed by atoms with E-state index in [0.29, 0.717) is 17.0 Å². The lowest BCUT2D eigenvalue weighted by Crippen LogP contribution is -2.50. The molecule has 0 radical (unpaired) electrons. The Morgan fingerprint density at radius 2 is 1.85 bits per heavy atom. The molecular formula is C23H26N4O6. The Balaban J connectivity index is 1.94. The third-order valence-electron chi connectivity index (χ3n) is 4.97. The predicted octanol–water partition coefficient (Wildman–Crippen LogP) is 2.25. The summed E-state index contributed by atoms with van der Waals surface area (Å²) >= 11 is 0. The molecule has 0 aromatic heterocycles. The van der Waals surface area contributed by atoms with E-state index in [2.05, 4.69) is 10.6 Å². The highest BCUT2D eigenvalue weighted by atomic mass is 16.5. The van der Waals surface area contributed by atoms with Crippen LogP contribution in [0.3, 0.4) is 0 Å². The van der Waals surface area contributed by atoms with Gasteiger partial charge in [0.05, 0.1) is 11.3 Å². The Kier molecular flexibility index (Phi) is 6.57. The zero-order valence-corrected chi connectivity index (χ0v) is 18.6. The fourth-order valence-corrected chi connectivity index (χ4v) is 3.32. The van der Waals surface area contributed by atoms with Gasteiger partial charge in [0.25, 0.3) is 11.8 Å². The van der Waals surface area contributed by atoms with Crippen LogP contribution in [0.15, 0.2) is 36.4 Å². The van der Waals surface area contributed by atoms with Crippen molar-refractivity contribution >= 4 is 35.1 Å². The summed E-state index contributed by atoms with van der Waals surface area (Å²) in [4.78, 5) is 49.6. The summed E-state index contributed by atoms with van der Waals surface area (Å²) in [6, 6.07) is 8.48. The SMILES string of the molecule is CC(C)(C)c1cc(N2C(=O)CCNC2=O)cc(C(=O)Nc2ccc(OCC(N)=O)cc2)c1O. The summed E-state index contributed by atoms with van der Waals surface area (Å²) < 4.78 is 5.18. The second-order valence-electron chi connectivity index (χ2n) is 8.58. The normalized spacial score (nSPS) is 14.0. The number of benzene rings is 2. The van der Waals surface area contributed by atoms with Crippen molar-refractivity contribution in [2.24, 2.45) is 5.73 Å². The number of carbonyl (C=O) groups is 4. The van der Waals surface area contributed by atoms with Crippen molar-refractivity contribution in [2.75, 3.05) is 23.4 Å². The molecule has 3 rings (SSSR count). The van der Waals surface area contributed by atoms with Gasteiger partial charge < -0.3 is 26.2 Å². The van der Waals surface area contributed by atoms with Crippen LogP contribution in [0.2, 0.25) is 0 Å². The molecule has 0 aliphatic carbocycles. The monoisotopic (exact) mass is 454 g/mol. The molecule has 10 nitrogen and oxygen atoms in total. The molecule has 2 aromatic carbocycles. The third-order valence-corrected chi connectivity index (χ3v) is 4.97. The van der Waals surface area contributed by atoms with Crippen LogP contribution in [-0.4, -0.2) is 42.0 Å². The summed E-state index contributed by atoms with van der Waals surface area (Å²) in [6.07, 6.45) is 0.128. The second-order valence-corrected chi connectivity index (χ2v) is 8.58. The second kappa shape index (κ2) is 9.19. The molecule has 0 atom stereocenters. The van der Waals surface area contributed by atoms with Gasteiger partial charge in [-0.05, 0) is 41.8 Å². The van der Waals surface area contributed by atoms with Crippen molar-refractivity contribution in [1.82, 2.24) is 5.32 Å². The molecule has 5 amide bonds. The number of nitrogens with zero attached hydrogens (tertiary/aromatic N) is 1. The summed E-state index contributed by atoms with van der Waals surface area (Å²) in [5, 5.41) is 16.1. The van der Waals surface area contributed by atoms with E-state index < -0.39 is 29.2 Å². The number of nitrogens with two attached hydrogens (primary N) is 1. The number of anilines is 2. The van der Waals surface area contributed by atoms with Gasteiger partial charge in [0.1, 0.15) is 11.5 Å². The smallest absolute Gasteiger partial charge is 0.328 e. The van der Waals surface area contributed by atoms with E-state index in [1.54, 1.807) is 30.3 Å². The number of phenols is 1. The third kappa shape index (κ3) is 5.40. The number of imide groups is 1. The standard InChI is InChI=1S/C23H26N4O6/c1-23(2,3)17-11-14(27-19(29)8-9-25-22(27)32)10-16(20(17)30)21(31)26-13-4-6-15(7-5-13)33-12-18(24)28/h4-7,10-11,30H,8-9,12H2,1-3H3,(H2,24,28)(H,25,32)(H,26,31). The summed E-state index contributed by atoms with van der Waals surface area (Å²) in [6.45, 7) is 5.50. The van der Waals surface area contributed by atoms with E-state index in [1.165, 1.54) is 6.07 Å². The van der Waals surface area contributed by atoms with Crippen LogP contribution in [0.1, 0.15) is 43.1 Å². The topological polar surface area (TPSA) is 151 Å². The van der Waals surface area contributed by atoms with Gasteiger partial charge in [-0.1, -0.05) is 20.8 Å². The number of carbonyl (C=O) groups excluding carboxylic acids is 4. The molecule has 0 unspecified atom stereocenters. The minimum Gasteiger partial charge on any atom is -0.507 e. The first-order valence-electron chi connectivity index (χ1n) is 10.3. The van der Waals surface area contributed by atoms with E-state index in [-0.39, 0.29) is 36.6 Å². The summed E-state index contributed by atoms with van der Waals surface area (Å²) in [5.74, 6) is -1.49. The molecule has 2 aromatic rings. The van der Waals surface area contributed by atoms with Gasteiger partial charge >= 0.3 is 6.03 Å². The Morgan fingerprint density at radius 1 is 1.18 bits per heavy atom. The minimum atomic E-state index is -0.629. The molecule has 0 bridgehead atoms. The molecule has 1 heterocycles. The predicted molar refractivity (Wildman–Crippen MR) is 121 cm³/mol. The molecule has 0 saturated carbocycles. The number of ether oxygens (including phenoxy) is 1. The molecule has 174 valence electrons. The van der Waals surface area contributed by atoms with Crippen LogP contribution < -0.4 is 26.0 Å². The lowest BCUT2D eigenvalue weighted by molar-refractivity contribution is -0.120. The number of primary amides is 1. The van der Waals surface area contributed by atoms with Gasteiger partial charge in [0, 0.05) is 24.2 Å². The highest BCUT2D eigenvalue weighted by molar-refractivity contribution is 6.17. The number of nitrogens with one attached hydrogen (secondary N) is 2. The molecule has 0 spiro atoms. The van der Waals surface area contributed by atoms with Crippen molar-refractivity contribution in [3.8, 4) is 11.5 Å². The first kappa shape index (κ1) is 23.6. The molecule has 1 fully saturated rings. The van der Waals surface area contributed by atoms with Crippen LogP contribution in [0, 0.1) is 0 Å². The number of hydrogen-bond acceptors (Lipinski definition) is 6. The number of hydrogen-bond donors (Lipinski definition) is 4. The van der Waals surface area contributed by atoms with E-state index in [1.807, 2.05) is 20.8 Å². The fourth-order valence-electron chi connectivity index (χ4n) is 3.32. The number of rotatable bonds is 6. The van der Waals surface area contributed by atoms with Crippen LogP contribution in [0.25, 0.3) is 0 Å². The highest BCUT2D eigenvalue weighted by Crippen LogP contribution is 2.38. The van der Waals surface area contributed by atoms with Gasteiger partial charge in [0.15, 0.2) is 6.61 Å². The lowest BCUT2D eigenvalue weighted by Gasteiger charge is -2.29. The maximum atomic E-state index is 13.0. The maximum absolute atomic E-state index is 13.0. The number of aromatic hydroxyl groups is 1. The highest BCUT2D eigenvalue weighted by Gasteiger charge is 2.31. The fraction of sp³-hybridized carbons (Fsp3) is 0.304. The minimum absolute atomic E-state index is 0.0855. The van der Waals surface area contributed by atoms with Crippen LogP contribution in [-0.2, 0) is 15.0 Å². The number of phenolic OH excluding ortho intramolecular Hbond substituents is 1. The van der Waals surface area contributed by atoms with Gasteiger partial charge in [0.2, 0.25) is 5.91 Å². The van der Waals surface area contributed by atoms with Crippen molar-refractivity contribution in [3.05, 3.63) is 47.5 Å². The maximum Gasteiger partial charge on any atom is 0.328 e. The largest absolute Gasteiger partial charge is 0.507 e. The Hall–Kier alpha value is -4.08. The molecule has 1 saturated heterocycles. The number of amides is 5. The molecule has 33 heavy (non-hydrogen) atoms. The Morgan fingerprint density at radius 3 is 2.42 bits per heavy atom. The average molecular weight is 454 g/mol. The number of urea groups is 1. The van der Waals surface area contributed by atoms with Crippen molar-refractivity contribution in [3.63, 3.8) is 0 Å². The van der Waals surface area contributed by atoms with E-state index in [0.717, 1.165) is 4.90 Å². The van der Waals surface area contributed by atoms with Crippen LogP contribution >= 0.6 is 0 Å². The molecule has 1 aliphatic heterocycles. The zero-order valence-electron chi connectivity index (χ0n) is 18.6. The van der Waals surface area contributed by atoms with E-state index in [9.17, 15) is 24.3 Å². The van der Waals surface area contributed by atoms with Gasteiger partial charge in [-0.3, -0.25) is 14.4 Å². The van der Waals surface area contributed by atoms with Crippen molar-refractivity contribution in [1.29, 1.82) is 0 Å². The summed E-state index contributed by atoms with van der Waals surface area (Å²) in [7, 11) is 0. The molecule has 1 aliphatic rings. The van der Waals surface area contributed by atoms with E-state index in [4.69, 9.17) is 10.5 Å².